The molecular formula is C15H17BrFNO3. The number of nitrogens with zero attached hydrogens (tertiary/aromatic N) is 1. The standard InChI is InChI=1S/C15H17BrFNO3/c1-2-15(14(20)21)7-4-8-18(9-15)13(19)12-10(16)5-3-6-11(12)17/h3,5-6H,2,4,7-9H2,1H3,(H,20,21). The number of hydrogen-bond acceptors (Lipinski definition) is 2. The Morgan fingerprint density at radius 1 is 1.48 bits per heavy atom. The van der Waals surface area contributed by atoms with Crippen LogP contribution in [0, 0.1) is 11.2 Å². The van der Waals surface area contributed by atoms with E-state index in [0.29, 0.717) is 30.3 Å². The van der Waals surface area contributed by atoms with Crippen LogP contribution in [-0.4, -0.2) is 35.0 Å². The number of rotatable bonds is 3. The van der Waals surface area contributed by atoms with Crippen molar-refractivity contribution in [2.75, 3.05) is 13.1 Å². The molecule has 0 bridgehead atoms. The topological polar surface area (TPSA) is 57.6 Å². The normalized spacial score (nSPS) is 22.1. The van der Waals surface area contributed by atoms with Gasteiger partial charge >= 0.3 is 5.97 Å². The van der Waals surface area contributed by atoms with E-state index in [-0.39, 0.29) is 12.1 Å². The van der Waals surface area contributed by atoms with Crippen LogP contribution in [-0.2, 0) is 4.79 Å². The van der Waals surface area contributed by atoms with Crippen LogP contribution >= 0.6 is 15.9 Å². The van der Waals surface area contributed by atoms with Crippen molar-refractivity contribution in [3.05, 3.63) is 34.1 Å². The first kappa shape index (κ1) is 15.9. The van der Waals surface area contributed by atoms with Crippen LogP contribution < -0.4 is 0 Å². The quantitative estimate of drug-likeness (QED) is 0.902. The summed E-state index contributed by atoms with van der Waals surface area (Å²) in [4.78, 5) is 25.5. The van der Waals surface area contributed by atoms with Crippen LogP contribution in [0.15, 0.2) is 22.7 Å². The Balaban J connectivity index is 2.30. The van der Waals surface area contributed by atoms with E-state index in [1.165, 1.54) is 17.0 Å². The van der Waals surface area contributed by atoms with Gasteiger partial charge in [0, 0.05) is 17.6 Å². The molecule has 1 N–H and O–H groups in total. The zero-order valence-electron chi connectivity index (χ0n) is 11.7. The van der Waals surface area contributed by atoms with E-state index in [0.717, 1.165) is 0 Å². The summed E-state index contributed by atoms with van der Waals surface area (Å²) >= 11 is 3.19. The highest BCUT2D eigenvalue weighted by Gasteiger charge is 2.42. The number of carboxylic acids is 1. The molecule has 4 nitrogen and oxygen atoms in total. The summed E-state index contributed by atoms with van der Waals surface area (Å²) in [5, 5.41) is 9.45. The summed E-state index contributed by atoms with van der Waals surface area (Å²) in [6.07, 6.45) is 1.60. The van der Waals surface area contributed by atoms with Gasteiger partial charge in [-0.05, 0) is 47.3 Å². The smallest absolute Gasteiger partial charge is 0.311 e. The van der Waals surface area contributed by atoms with Crippen molar-refractivity contribution in [2.45, 2.75) is 26.2 Å². The molecule has 1 aliphatic rings. The van der Waals surface area contributed by atoms with Gasteiger partial charge in [0.15, 0.2) is 0 Å². The van der Waals surface area contributed by atoms with Gasteiger partial charge in [0.05, 0.1) is 11.0 Å². The predicted octanol–water partition coefficient (Wildman–Crippen LogP) is 3.31. The number of hydrogen-bond donors (Lipinski definition) is 1. The molecule has 0 radical (unpaired) electrons. The van der Waals surface area contributed by atoms with E-state index >= 15 is 0 Å². The number of aliphatic carboxylic acids is 1. The largest absolute Gasteiger partial charge is 0.481 e. The van der Waals surface area contributed by atoms with E-state index in [9.17, 15) is 19.1 Å². The summed E-state index contributed by atoms with van der Waals surface area (Å²) in [6, 6.07) is 4.34. The van der Waals surface area contributed by atoms with E-state index in [2.05, 4.69) is 15.9 Å². The molecule has 1 aliphatic heterocycles. The van der Waals surface area contributed by atoms with Crippen molar-refractivity contribution in [1.29, 1.82) is 0 Å². The first-order valence-electron chi connectivity index (χ1n) is 6.88. The molecule has 0 aliphatic carbocycles. The van der Waals surface area contributed by atoms with Crippen LogP contribution in [0.5, 0.6) is 0 Å². The van der Waals surface area contributed by atoms with Gasteiger partial charge in [0.1, 0.15) is 5.82 Å². The summed E-state index contributed by atoms with van der Waals surface area (Å²) in [6.45, 7) is 2.38. The average Bonchev–Trinajstić information content (AvgIpc) is 2.46. The molecule has 0 aromatic heterocycles. The molecule has 1 heterocycles. The minimum atomic E-state index is -0.925. The molecule has 0 saturated carbocycles. The van der Waals surface area contributed by atoms with Crippen LogP contribution in [0.1, 0.15) is 36.5 Å². The molecule has 2 rings (SSSR count). The highest BCUT2D eigenvalue weighted by molar-refractivity contribution is 9.10. The van der Waals surface area contributed by atoms with Gasteiger partial charge in [0.2, 0.25) is 0 Å². The molecule has 1 amide bonds. The first-order chi connectivity index (χ1) is 9.91. The van der Waals surface area contributed by atoms with Gasteiger partial charge < -0.3 is 10.0 Å². The lowest BCUT2D eigenvalue weighted by molar-refractivity contribution is -0.152. The second-order valence-electron chi connectivity index (χ2n) is 5.37. The minimum Gasteiger partial charge on any atom is -0.481 e. The maximum Gasteiger partial charge on any atom is 0.311 e. The Hall–Kier alpha value is -1.43. The second-order valence-corrected chi connectivity index (χ2v) is 6.22. The molecule has 1 atom stereocenters. The van der Waals surface area contributed by atoms with Crippen LogP contribution in [0.25, 0.3) is 0 Å². The molecular weight excluding hydrogens is 341 g/mol. The highest BCUT2D eigenvalue weighted by atomic mass is 79.9. The Kier molecular flexibility index (Phi) is 4.66. The molecule has 21 heavy (non-hydrogen) atoms. The van der Waals surface area contributed by atoms with Gasteiger partial charge in [-0.25, -0.2) is 4.39 Å². The number of amides is 1. The van der Waals surface area contributed by atoms with E-state index in [1.807, 2.05) is 0 Å². The monoisotopic (exact) mass is 357 g/mol. The van der Waals surface area contributed by atoms with Crippen molar-refractivity contribution in [1.82, 2.24) is 4.90 Å². The predicted molar refractivity (Wildman–Crippen MR) is 79.6 cm³/mol. The lowest BCUT2D eigenvalue weighted by Gasteiger charge is -2.39. The van der Waals surface area contributed by atoms with E-state index in [4.69, 9.17) is 0 Å². The molecule has 1 unspecified atom stereocenters. The number of halogens is 2. The number of carboxylic acid groups (broad SMARTS) is 1. The fourth-order valence-corrected chi connectivity index (χ4v) is 3.29. The average molecular weight is 358 g/mol. The van der Waals surface area contributed by atoms with Gasteiger partial charge in [0.25, 0.3) is 5.91 Å². The zero-order chi connectivity index (χ0) is 15.6. The summed E-state index contributed by atoms with van der Waals surface area (Å²) < 4.78 is 14.3. The Morgan fingerprint density at radius 2 is 2.19 bits per heavy atom. The number of piperidine rings is 1. The van der Waals surface area contributed by atoms with Crippen molar-refractivity contribution in [3.63, 3.8) is 0 Å². The summed E-state index contributed by atoms with van der Waals surface area (Å²) in [7, 11) is 0. The van der Waals surface area contributed by atoms with Gasteiger partial charge in [-0.2, -0.15) is 0 Å². The van der Waals surface area contributed by atoms with Gasteiger partial charge in [-0.3, -0.25) is 9.59 Å². The molecule has 1 aromatic carbocycles. The number of carbonyl (C=O) groups is 2. The van der Waals surface area contributed by atoms with Crippen molar-refractivity contribution >= 4 is 27.8 Å². The number of likely N-dealkylation sites (tertiary alicyclic amines) is 1. The van der Waals surface area contributed by atoms with Crippen molar-refractivity contribution < 1.29 is 19.1 Å². The Labute approximate surface area is 131 Å². The fraction of sp³-hybridized carbons (Fsp3) is 0.467. The molecule has 114 valence electrons. The molecule has 1 saturated heterocycles. The van der Waals surface area contributed by atoms with Crippen molar-refractivity contribution in [3.8, 4) is 0 Å². The molecule has 1 aromatic rings. The van der Waals surface area contributed by atoms with Crippen molar-refractivity contribution in [2.24, 2.45) is 5.41 Å². The zero-order valence-corrected chi connectivity index (χ0v) is 13.3. The summed E-state index contributed by atoms with van der Waals surface area (Å²) in [5.74, 6) is -1.95. The Bertz CT molecular complexity index is 558. The third-order valence-electron chi connectivity index (χ3n) is 4.17. The van der Waals surface area contributed by atoms with E-state index < -0.39 is 23.1 Å². The van der Waals surface area contributed by atoms with Crippen LogP contribution in [0.3, 0.4) is 0 Å². The third kappa shape index (κ3) is 2.95. The number of carbonyl (C=O) groups excluding carboxylic acids is 1. The lowest BCUT2D eigenvalue weighted by atomic mass is 9.77. The van der Waals surface area contributed by atoms with Crippen LogP contribution in [0.4, 0.5) is 4.39 Å². The molecule has 6 heteroatoms. The maximum atomic E-state index is 13.9. The van der Waals surface area contributed by atoms with E-state index in [1.54, 1.807) is 13.0 Å². The van der Waals surface area contributed by atoms with Crippen LogP contribution in [0.2, 0.25) is 0 Å². The maximum absolute atomic E-state index is 13.9. The SMILES string of the molecule is CCC1(C(=O)O)CCCN(C(=O)c2c(F)cccc2Br)C1. The highest BCUT2D eigenvalue weighted by Crippen LogP contribution is 2.35. The lowest BCUT2D eigenvalue weighted by Crippen LogP contribution is -2.49. The second kappa shape index (κ2) is 6.13. The Morgan fingerprint density at radius 3 is 2.76 bits per heavy atom. The first-order valence-corrected chi connectivity index (χ1v) is 7.67. The third-order valence-corrected chi connectivity index (χ3v) is 4.83. The minimum absolute atomic E-state index is 0.0326. The molecule has 0 spiro atoms. The van der Waals surface area contributed by atoms with Gasteiger partial charge in [-0.15, -0.1) is 0 Å². The fourth-order valence-electron chi connectivity index (χ4n) is 2.78. The van der Waals surface area contributed by atoms with Gasteiger partial charge in [-0.1, -0.05) is 13.0 Å². The summed E-state index contributed by atoms with van der Waals surface area (Å²) in [5.41, 5.74) is -0.958. The number of benzene rings is 1. The molecule has 1 fully saturated rings.